The number of hydrogen-bond acceptors (Lipinski definition) is 6. The van der Waals surface area contributed by atoms with Gasteiger partial charge in [-0.3, -0.25) is 4.90 Å². The first kappa shape index (κ1) is 19.1. The van der Waals surface area contributed by atoms with Crippen molar-refractivity contribution < 1.29 is 13.9 Å². The van der Waals surface area contributed by atoms with Crippen molar-refractivity contribution in [2.24, 2.45) is 5.92 Å². The first-order valence-corrected chi connectivity index (χ1v) is 10.0. The SMILES string of the molecule is Fc1ccc(OCC2CCCN(Cc3ccnc(N4CCOCC4)n3)C2)cc1. The highest BCUT2D eigenvalue weighted by atomic mass is 19.1. The smallest absolute Gasteiger partial charge is 0.225 e. The fraction of sp³-hybridized carbons (Fsp3) is 0.524. The average Bonchev–Trinajstić information content (AvgIpc) is 2.74. The Hall–Kier alpha value is -2.25. The van der Waals surface area contributed by atoms with Crippen LogP contribution in [0.3, 0.4) is 0 Å². The molecule has 28 heavy (non-hydrogen) atoms. The van der Waals surface area contributed by atoms with Crippen LogP contribution < -0.4 is 9.64 Å². The second-order valence-electron chi connectivity index (χ2n) is 7.46. The van der Waals surface area contributed by atoms with Gasteiger partial charge in [-0.05, 0) is 49.7 Å². The topological polar surface area (TPSA) is 50.7 Å². The van der Waals surface area contributed by atoms with Crippen LogP contribution in [0.1, 0.15) is 18.5 Å². The van der Waals surface area contributed by atoms with Crippen LogP contribution in [0.5, 0.6) is 5.75 Å². The average molecular weight is 386 g/mol. The lowest BCUT2D eigenvalue weighted by atomic mass is 9.99. The minimum absolute atomic E-state index is 0.238. The molecule has 150 valence electrons. The molecule has 0 N–H and O–H groups in total. The molecule has 1 aromatic heterocycles. The highest BCUT2D eigenvalue weighted by Crippen LogP contribution is 2.21. The molecule has 0 amide bonds. The Bertz CT molecular complexity index is 752. The molecular weight excluding hydrogens is 359 g/mol. The number of halogens is 1. The zero-order valence-electron chi connectivity index (χ0n) is 16.1. The fourth-order valence-corrected chi connectivity index (χ4v) is 3.79. The molecule has 6 nitrogen and oxygen atoms in total. The summed E-state index contributed by atoms with van der Waals surface area (Å²) in [6.07, 6.45) is 4.16. The summed E-state index contributed by atoms with van der Waals surface area (Å²) in [4.78, 5) is 13.8. The van der Waals surface area contributed by atoms with E-state index in [0.717, 1.165) is 76.2 Å². The van der Waals surface area contributed by atoms with Gasteiger partial charge in [0.2, 0.25) is 5.95 Å². The van der Waals surface area contributed by atoms with Crippen molar-refractivity contribution in [1.29, 1.82) is 0 Å². The van der Waals surface area contributed by atoms with Crippen LogP contribution in [0.25, 0.3) is 0 Å². The number of ether oxygens (including phenoxy) is 2. The van der Waals surface area contributed by atoms with Crippen molar-refractivity contribution >= 4 is 5.95 Å². The van der Waals surface area contributed by atoms with Crippen LogP contribution in [0, 0.1) is 11.7 Å². The normalized spacial score (nSPS) is 20.9. The Balaban J connectivity index is 1.30. The monoisotopic (exact) mass is 386 g/mol. The van der Waals surface area contributed by atoms with Gasteiger partial charge < -0.3 is 14.4 Å². The third-order valence-corrected chi connectivity index (χ3v) is 5.28. The van der Waals surface area contributed by atoms with Crippen LogP contribution in [0.2, 0.25) is 0 Å². The number of hydrogen-bond donors (Lipinski definition) is 0. The summed E-state index contributed by atoms with van der Waals surface area (Å²) in [5.74, 6) is 1.76. The van der Waals surface area contributed by atoms with Gasteiger partial charge in [0.1, 0.15) is 11.6 Å². The Kier molecular flexibility index (Phi) is 6.34. The van der Waals surface area contributed by atoms with Crippen LogP contribution >= 0.6 is 0 Å². The number of piperidine rings is 1. The van der Waals surface area contributed by atoms with E-state index >= 15 is 0 Å². The molecule has 1 aromatic carbocycles. The van der Waals surface area contributed by atoms with Crippen molar-refractivity contribution in [2.75, 3.05) is 50.9 Å². The number of rotatable bonds is 6. The molecule has 4 rings (SSSR count). The third-order valence-electron chi connectivity index (χ3n) is 5.28. The zero-order chi connectivity index (χ0) is 19.2. The number of anilines is 1. The number of likely N-dealkylation sites (tertiary alicyclic amines) is 1. The van der Waals surface area contributed by atoms with Gasteiger partial charge in [0.25, 0.3) is 0 Å². The maximum atomic E-state index is 13.0. The van der Waals surface area contributed by atoms with Gasteiger partial charge in [-0.25, -0.2) is 14.4 Å². The Morgan fingerprint density at radius 2 is 1.93 bits per heavy atom. The first-order valence-electron chi connectivity index (χ1n) is 10.0. The standard InChI is InChI=1S/C21H27FN4O2/c22-18-3-5-20(6-4-18)28-16-17-2-1-9-25(14-17)15-19-7-8-23-21(24-19)26-10-12-27-13-11-26/h3-8,17H,1-2,9-16H2. The minimum atomic E-state index is -0.238. The van der Waals surface area contributed by atoms with Crippen molar-refractivity contribution in [2.45, 2.75) is 19.4 Å². The maximum absolute atomic E-state index is 13.0. The molecule has 1 unspecified atom stereocenters. The van der Waals surface area contributed by atoms with E-state index in [2.05, 4.69) is 14.8 Å². The second-order valence-corrected chi connectivity index (χ2v) is 7.46. The minimum Gasteiger partial charge on any atom is -0.493 e. The van der Waals surface area contributed by atoms with Crippen molar-refractivity contribution in [3.8, 4) is 5.75 Å². The van der Waals surface area contributed by atoms with E-state index in [0.29, 0.717) is 12.5 Å². The number of aromatic nitrogens is 2. The summed E-state index contributed by atoms with van der Waals surface area (Å²) >= 11 is 0. The Morgan fingerprint density at radius 3 is 2.75 bits per heavy atom. The van der Waals surface area contributed by atoms with Crippen LogP contribution in [-0.4, -0.2) is 60.9 Å². The largest absolute Gasteiger partial charge is 0.493 e. The van der Waals surface area contributed by atoms with Gasteiger partial charge in [0.05, 0.1) is 25.5 Å². The Morgan fingerprint density at radius 1 is 1.11 bits per heavy atom. The van der Waals surface area contributed by atoms with E-state index in [1.807, 2.05) is 12.3 Å². The Labute approximate surface area is 165 Å². The van der Waals surface area contributed by atoms with Gasteiger partial charge in [0, 0.05) is 38.3 Å². The summed E-state index contributed by atoms with van der Waals surface area (Å²) in [5.41, 5.74) is 1.05. The molecule has 1 atom stereocenters. The lowest BCUT2D eigenvalue weighted by Crippen LogP contribution is -2.38. The molecule has 2 aromatic rings. The molecule has 2 aliphatic heterocycles. The quantitative estimate of drug-likeness (QED) is 0.761. The third kappa shape index (κ3) is 5.17. The van der Waals surface area contributed by atoms with Crippen LogP contribution in [0.15, 0.2) is 36.5 Å². The lowest BCUT2D eigenvalue weighted by molar-refractivity contribution is 0.121. The summed E-state index contributed by atoms with van der Waals surface area (Å²) in [7, 11) is 0. The molecule has 0 radical (unpaired) electrons. The number of benzene rings is 1. The lowest BCUT2D eigenvalue weighted by Gasteiger charge is -2.32. The van der Waals surface area contributed by atoms with Gasteiger partial charge >= 0.3 is 0 Å². The van der Waals surface area contributed by atoms with E-state index in [1.165, 1.54) is 12.1 Å². The molecule has 3 heterocycles. The van der Waals surface area contributed by atoms with Gasteiger partial charge in [0.15, 0.2) is 0 Å². The molecule has 7 heteroatoms. The maximum Gasteiger partial charge on any atom is 0.225 e. The number of morpholine rings is 1. The molecule has 0 spiro atoms. The molecule has 2 saturated heterocycles. The van der Waals surface area contributed by atoms with Crippen molar-refractivity contribution in [3.63, 3.8) is 0 Å². The molecule has 2 fully saturated rings. The van der Waals surface area contributed by atoms with E-state index in [1.54, 1.807) is 12.1 Å². The van der Waals surface area contributed by atoms with Gasteiger partial charge in [-0.1, -0.05) is 0 Å². The first-order chi connectivity index (χ1) is 13.8. The summed E-state index contributed by atoms with van der Waals surface area (Å²) < 4.78 is 24.3. The van der Waals surface area contributed by atoms with Gasteiger partial charge in [-0.15, -0.1) is 0 Å². The van der Waals surface area contributed by atoms with Crippen LogP contribution in [0.4, 0.5) is 10.3 Å². The predicted molar refractivity (Wildman–Crippen MR) is 105 cm³/mol. The zero-order valence-corrected chi connectivity index (χ0v) is 16.1. The molecular formula is C21H27FN4O2. The summed E-state index contributed by atoms with van der Waals surface area (Å²) in [6, 6.07) is 8.24. The number of nitrogens with zero attached hydrogens (tertiary/aromatic N) is 4. The van der Waals surface area contributed by atoms with E-state index < -0.39 is 0 Å². The van der Waals surface area contributed by atoms with E-state index in [9.17, 15) is 4.39 Å². The van der Waals surface area contributed by atoms with Gasteiger partial charge in [-0.2, -0.15) is 0 Å². The van der Waals surface area contributed by atoms with E-state index in [4.69, 9.17) is 14.5 Å². The highest BCUT2D eigenvalue weighted by molar-refractivity contribution is 5.30. The van der Waals surface area contributed by atoms with Crippen LogP contribution in [-0.2, 0) is 11.3 Å². The molecule has 0 bridgehead atoms. The summed E-state index contributed by atoms with van der Waals surface area (Å²) in [6.45, 7) is 6.69. The molecule has 0 aliphatic carbocycles. The second kappa shape index (κ2) is 9.30. The highest BCUT2D eigenvalue weighted by Gasteiger charge is 2.21. The van der Waals surface area contributed by atoms with E-state index in [-0.39, 0.29) is 5.82 Å². The summed E-state index contributed by atoms with van der Waals surface area (Å²) in [5, 5.41) is 0. The molecule has 2 aliphatic rings. The molecule has 0 saturated carbocycles. The fourth-order valence-electron chi connectivity index (χ4n) is 3.79. The van der Waals surface area contributed by atoms with Crippen molar-refractivity contribution in [3.05, 3.63) is 48.0 Å². The van der Waals surface area contributed by atoms with Crippen molar-refractivity contribution in [1.82, 2.24) is 14.9 Å². The predicted octanol–water partition coefficient (Wildman–Crippen LogP) is 2.74.